The molecule has 5 atom stereocenters. The van der Waals surface area contributed by atoms with Crippen LogP contribution in [0, 0.1) is 17.5 Å². The second-order valence-electron chi connectivity index (χ2n) is 36.5. The van der Waals surface area contributed by atoms with Crippen LogP contribution in [0.15, 0.2) is 225 Å². The van der Waals surface area contributed by atoms with E-state index in [0.29, 0.717) is 61.1 Å². The lowest BCUT2D eigenvalue weighted by atomic mass is 9.73. The second kappa shape index (κ2) is 34.3. The van der Waals surface area contributed by atoms with Crippen molar-refractivity contribution in [3.05, 3.63) is 287 Å². The number of piperidine rings is 1. The van der Waals surface area contributed by atoms with Crippen LogP contribution in [0.3, 0.4) is 0 Å². The van der Waals surface area contributed by atoms with Crippen LogP contribution in [-0.2, 0) is 105 Å². The van der Waals surface area contributed by atoms with Crippen molar-refractivity contribution >= 4 is 46.4 Å². The molecule has 8 aromatic carbocycles. The number of halogens is 3. The Bertz CT molecular complexity index is 6130. The zero-order chi connectivity index (χ0) is 86.9. The molecule has 4 amide bonds. The number of hydrogen-bond acceptors (Lipinski definition) is 13. The Balaban J connectivity index is 0.000000107. The SMILES string of the molecule is C[n+]1cc(-c2ccc(CN3C(=O)C4(CCN(C5CCOC5)C4)c4ccccc43)c(F)c2)c[nH]1.Cn1cc(-c2ccc(CN3C(=O)C4(CCCO4)c4ccccc43)cc2)cn1.Cn1cc(-c2ccc(CN3C(=O)C4(CCN(C5CCCC5)C4)c4ccccc43)cc2F)cn1.Cn1cc(-c2ccc(CN3C(=O)C4(CCN(C5CCNC5)CC4)c4ccccc43)c(F)c2)cn1. The predicted octanol–water partition coefficient (Wildman–Crippen LogP) is 14.7. The molecule has 127 heavy (non-hydrogen) atoms. The van der Waals surface area contributed by atoms with Gasteiger partial charge in [0.1, 0.15) is 17.5 Å². The molecule has 2 N–H and O–H groups in total. The van der Waals surface area contributed by atoms with E-state index < -0.39 is 21.8 Å². The minimum Gasteiger partial charge on any atom is -0.380 e. The van der Waals surface area contributed by atoms with Gasteiger partial charge in [-0.1, -0.05) is 146 Å². The van der Waals surface area contributed by atoms with Gasteiger partial charge in [-0.05, 0) is 184 Å². The summed E-state index contributed by atoms with van der Waals surface area (Å²) in [6.07, 6.45) is 27.0. The molecule has 1 aliphatic carbocycles. The lowest BCUT2D eigenvalue weighted by Crippen LogP contribution is -2.51. The molecular formula is C102H108F3N16O6+. The summed E-state index contributed by atoms with van der Waals surface area (Å²) in [5.74, 6) is -0.434. The third-order valence-electron chi connectivity index (χ3n) is 29.0. The van der Waals surface area contributed by atoms with E-state index >= 15 is 8.78 Å². The van der Waals surface area contributed by atoms with Gasteiger partial charge in [0.25, 0.3) is 5.91 Å². The fourth-order valence-corrected chi connectivity index (χ4v) is 22.2. The zero-order valence-corrected chi connectivity index (χ0v) is 72.5. The average molecular weight is 1710 g/mol. The number of para-hydroxylation sites is 4. The number of aromatic amines is 1. The molecular weight excluding hydrogens is 1600 g/mol. The third kappa shape index (κ3) is 15.4. The first-order valence-corrected chi connectivity index (χ1v) is 45.1. The largest absolute Gasteiger partial charge is 0.380 e. The fourth-order valence-electron chi connectivity index (χ4n) is 22.2. The molecule has 11 aliphatic rings. The summed E-state index contributed by atoms with van der Waals surface area (Å²) in [7, 11) is 7.47. The highest BCUT2D eigenvalue weighted by Crippen LogP contribution is 2.54. The van der Waals surface area contributed by atoms with E-state index in [2.05, 4.69) is 82.9 Å². The Kier molecular flexibility index (Phi) is 22.5. The Morgan fingerprint density at radius 1 is 0.433 bits per heavy atom. The van der Waals surface area contributed by atoms with Gasteiger partial charge in [-0.2, -0.15) is 20.4 Å². The zero-order valence-electron chi connectivity index (χ0n) is 72.5. The molecule has 12 aromatic rings. The van der Waals surface area contributed by atoms with Crippen molar-refractivity contribution in [2.75, 3.05) is 91.8 Å². The lowest BCUT2D eigenvalue weighted by Gasteiger charge is -2.41. The Morgan fingerprint density at radius 3 is 1.43 bits per heavy atom. The molecule has 0 radical (unpaired) electrons. The number of carbonyl (C=O) groups is 4. The van der Waals surface area contributed by atoms with Crippen LogP contribution in [0.25, 0.3) is 44.5 Å². The molecule has 10 aliphatic heterocycles. The van der Waals surface area contributed by atoms with Crippen LogP contribution < -0.4 is 29.6 Å². The van der Waals surface area contributed by atoms with Gasteiger partial charge in [0.05, 0.1) is 85.1 Å². The van der Waals surface area contributed by atoms with E-state index in [1.54, 1.807) is 73.9 Å². The average Bonchev–Trinajstić information content (AvgIpc) is 1.57. The number of anilines is 4. The minimum absolute atomic E-state index is 0.0672. The second-order valence-corrected chi connectivity index (χ2v) is 36.5. The summed E-state index contributed by atoms with van der Waals surface area (Å²) in [5.41, 5.74) is 15.7. The number of amides is 4. The first kappa shape index (κ1) is 83.3. The number of aromatic nitrogens is 8. The number of nitrogens with zero attached hydrogens (tertiary/aromatic N) is 14. The van der Waals surface area contributed by atoms with Crippen LogP contribution in [0.1, 0.15) is 122 Å². The number of hydrogen-bond donors (Lipinski definition) is 2. The van der Waals surface area contributed by atoms with Crippen molar-refractivity contribution in [1.29, 1.82) is 0 Å². The van der Waals surface area contributed by atoms with Crippen LogP contribution in [0.5, 0.6) is 0 Å². The number of carbonyl (C=O) groups excluding carboxylic acids is 4. The maximum atomic E-state index is 15.2. The van der Waals surface area contributed by atoms with Crippen molar-refractivity contribution in [2.24, 2.45) is 28.2 Å². The molecule has 0 bridgehead atoms. The van der Waals surface area contributed by atoms with Gasteiger partial charge >= 0.3 is 0 Å². The van der Waals surface area contributed by atoms with E-state index in [1.165, 1.54) is 32.1 Å². The maximum absolute atomic E-state index is 15.2. The van der Waals surface area contributed by atoms with Crippen molar-refractivity contribution in [1.82, 2.24) is 54.5 Å². The Hall–Kier alpha value is -12.0. The number of benzene rings is 8. The topological polar surface area (TPSA) is 195 Å². The monoisotopic (exact) mass is 1710 g/mol. The molecule has 4 spiro atoms. The van der Waals surface area contributed by atoms with Crippen molar-refractivity contribution in [3.8, 4) is 44.5 Å². The van der Waals surface area contributed by atoms with E-state index in [1.807, 2.05) is 176 Å². The predicted molar refractivity (Wildman–Crippen MR) is 482 cm³/mol. The van der Waals surface area contributed by atoms with Gasteiger partial charge in [-0.25, -0.2) is 13.2 Å². The molecule has 1 saturated carbocycles. The quantitative estimate of drug-likeness (QED) is 0.0921. The summed E-state index contributed by atoms with van der Waals surface area (Å²) in [5, 5.41) is 19.1. The summed E-state index contributed by atoms with van der Waals surface area (Å²) < 4.78 is 63.9. The van der Waals surface area contributed by atoms with E-state index in [4.69, 9.17) is 9.47 Å². The van der Waals surface area contributed by atoms with E-state index in [-0.39, 0.29) is 54.2 Å². The number of ether oxygens (including phenoxy) is 2. The van der Waals surface area contributed by atoms with Gasteiger partial charge in [-0.15, -0.1) is 4.68 Å². The van der Waals surface area contributed by atoms with Gasteiger partial charge < -0.3 is 34.4 Å². The molecule has 25 heteroatoms. The van der Waals surface area contributed by atoms with Gasteiger partial charge in [0, 0.05) is 147 Å². The standard InChI is InChI=1S/C27H30FN5O.C27H29FN4O.C26H27FN4O2.C22H21N3O2/c1-31-17-21(15-30-31)19-6-7-20(24(28)14-19)18-33-25-5-3-2-4-23(25)27(26(33)34)9-12-32(13-10-27)22-8-11-29-16-22;1-30-17-20(15-29-30)22-11-10-19(14-24(22)28)16-32-25-9-5-4-8-23(25)27(26(32)33)12-13-31(18-27)21-6-2-3-7-21;1-29-14-20(13-28-29)18-6-7-19(23(27)12-18)15-31-24-5-3-2-4-22(24)26(25(31)32)9-10-30(17-26)21-8-11-33-16-21;1-24-15-18(13-23-24)17-9-7-16(8-10-17)14-25-20-6-3-2-5-19(20)22(21(25)26)11-4-12-27-22/h2-7,14-15,17,22,29H,8-13,16,18H2,1H3;4-5,8-11,14-15,17,21H,2-3,6-7,12-13,16,18H2,1H3;2-7,12-14,21H,8-11,15-17H2,1H3;2-3,5-10,13,15H,4,11-12,14H2,1H3/p+1. The third-order valence-corrected chi connectivity index (χ3v) is 29.0. The molecule has 23 rings (SSSR count). The first-order valence-electron chi connectivity index (χ1n) is 45.1. The molecule has 22 nitrogen and oxygen atoms in total. The molecule has 14 heterocycles. The van der Waals surface area contributed by atoms with Crippen LogP contribution >= 0.6 is 0 Å². The van der Waals surface area contributed by atoms with Gasteiger partial charge in [0.15, 0.2) is 12.6 Å². The van der Waals surface area contributed by atoms with Crippen molar-refractivity contribution in [3.63, 3.8) is 0 Å². The summed E-state index contributed by atoms with van der Waals surface area (Å²) in [6, 6.07) is 58.1. The normalized spacial score (nSPS) is 22.9. The summed E-state index contributed by atoms with van der Waals surface area (Å²) in [4.78, 5) is 69.9. The number of fused-ring (bicyclic) bond motifs is 8. The highest BCUT2D eigenvalue weighted by Gasteiger charge is 2.59. The number of aryl methyl sites for hydroxylation is 4. The molecule has 5 unspecified atom stereocenters. The van der Waals surface area contributed by atoms with Crippen LogP contribution in [0.2, 0.25) is 0 Å². The van der Waals surface area contributed by atoms with Gasteiger partial charge in [-0.3, -0.25) is 47.9 Å². The highest BCUT2D eigenvalue weighted by atomic mass is 19.1. The Labute approximate surface area is 738 Å². The van der Waals surface area contributed by atoms with E-state index in [0.717, 1.165) is 199 Å². The molecule has 7 fully saturated rings. The number of rotatable bonds is 15. The van der Waals surface area contributed by atoms with Crippen molar-refractivity contribution < 1.29 is 46.5 Å². The molecule has 6 saturated heterocycles. The lowest BCUT2D eigenvalue weighted by molar-refractivity contribution is -0.726. The van der Waals surface area contributed by atoms with Gasteiger partial charge in [0.2, 0.25) is 23.9 Å². The highest BCUT2D eigenvalue weighted by molar-refractivity contribution is 6.11. The maximum Gasteiger partial charge on any atom is 0.264 e. The number of likely N-dealkylation sites (tertiary alicyclic amines) is 3. The van der Waals surface area contributed by atoms with Crippen molar-refractivity contribution in [2.45, 2.75) is 143 Å². The smallest absolute Gasteiger partial charge is 0.264 e. The van der Waals surface area contributed by atoms with Crippen LogP contribution in [0.4, 0.5) is 35.9 Å². The van der Waals surface area contributed by atoms with E-state index in [9.17, 15) is 23.6 Å². The minimum atomic E-state index is -0.772. The number of H-pyrrole nitrogens is 1. The Morgan fingerprint density at radius 2 is 0.913 bits per heavy atom. The molecule has 652 valence electrons. The summed E-state index contributed by atoms with van der Waals surface area (Å²) >= 11 is 0. The van der Waals surface area contributed by atoms with Crippen LogP contribution in [-0.4, -0.2) is 163 Å². The fraction of sp³-hybridized carbons (Fsp3) is 0.373. The number of nitrogens with one attached hydrogen (secondary N) is 2. The first-order chi connectivity index (χ1) is 61.8. The summed E-state index contributed by atoms with van der Waals surface area (Å²) in [6.45, 7) is 10.9. The molecule has 4 aromatic heterocycles.